The topological polar surface area (TPSA) is 84.0 Å². The van der Waals surface area contributed by atoms with Crippen LogP contribution >= 0.6 is 22.7 Å². The second-order valence-electron chi connectivity index (χ2n) is 5.71. The maximum atomic E-state index is 12.4. The smallest absolute Gasteiger partial charge is 0.258 e. The van der Waals surface area contributed by atoms with Crippen molar-refractivity contribution in [2.75, 3.05) is 10.6 Å². The third-order valence-corrected chi connectivity index (χ3v) is 5.31. The summed E-state index contributed by atoms with van der Waals surface area (Å²) in [6.07, 6.45) is 1.84. The Balaban J connectivity index is 1.41. The molecule has 134 valence electrons. The molecule has 2 amide bonds. The summed E-state index contributed by atoms with van der Waals surface area (Å²) in [4.78, 5) is 33.0. The highest BCUT2D eigenvalue weighted by Gasteiger charge is 2.12. The molecule has 27 heavy (non-hydrogen) atoms. The molecule has 0 aliphatic rings. The lowest BCUT2D eigenvalue weighted by Gasteiger charge is -2.07. The summed E-state index contributed by atoms with van der Waals surface area (Å²) in [5, 5.41) is 12.4. The van der Waals surface area contributed by atoms with Gasteiger partial charge in [0.1, 0.15) is 0 Å². The van der Waals surface area contributed by atoms with Crippen LogP contribution in [0.2, 0.25) is 0 Å². The molecule has 3 aromatic heterocycles. The zero-order chi connectivity index (χ0) is 18.6. The fraction of sp³-hybridized carbons (Fsp3) is 0.0526. The highest BCUT2D eigenvalue weighted by Crippen LogP contribution is 2.22. The van der Waals surface area contributed by atoms with E-state index in [4.69, 9.17) is 0 Å². The van der Waals surface area contributed by atoms with Crippen LogP contribution in [0.3, 0.4) is 0 Å². The molecule has 0 aliphatic carbocycles. The van der Waals surface area contributed by atoms with Gasteiger partial charge in [-0.1, -0.05) is 6.07 Å². The van der Waals surface area contributed by atoms with Crippen LogP contribution in [0.1, 0.15) is 16.1 Å². The largest absolute Gasteiger partial charge is 0.325 e. The molecule has 0 bridgehead atoms. The number of benzene rings is 1. The standard InChI is InChI=1S/C19H14N4O2S2/c24-17(22-16-5-1-4-15-14(16)3-2-7-20-15)9-13-11-27-19(21-13)23-18(25)12-6-8-26-10-12/h1-8,10-11H,9H2,(H,22,24)(H,21,23,25). The maximum Gasteiger partial charge on any atom is 0.258 e. The Hall–Kier alpha value is -3.10. The van der Waals surface area contributed by atoms with Crippen LogP contribution in [0.15, 0.2) is 58.7 Å². The first-order chi connectivity index (χ1) is 13.2. The number of aromatic nitrogens is 2. The number of thiazole rings is 1. The Morgan fingerprint density at radius 3 is 2.81 bits per heavy atom. The van der Waals surface area contributed by atoms with Gasteiger partial charge in [0.15, 0.2) is 5.13 Å². The number of pyridine rings is 1. The molecule has 3 heterocycles. The predicted molar refractivity (Wildman–Crippen MR) is 108 cm³/mol. The van der Waals surface area contributed by atoms with E-state index in [0.29, 0.717) is 22.1 Å². The zero-order valence-corrected chi connectivity index (χ0v) is 15.6. The molecule has 8 heteroatoms. The summed E-state index contributed by atoms with van der Waals surface area (Å²) >= 11 is 2.75. The molecule has 2 N–H and O–H groups in total. The summed E-state index contributed by atoms with van der Waals surface area (Å²) in [5.74, 6) is -0.378. The summed E-state index contributed by atoms with van der Waals surface area (Å²) in [6.45, 7) is 0. The van der Waals surface area contributed by atoms with Crippen LogP contribution in [0.4, 0.5) is 10.8 Å². The third kappa shape index (κ3) is 4.02. The van der Waals surface area contributed by atoms with Crippen LogP contribution in [-0.2, 0) is 11.2 Å². The number of thiophene rings is 1. The molecule has 0 unspecified atom stereocenters. The summed E-state index contributed by atoms with van der Waals surface area (Å²) in [7, 11) is 0. The molecule has 4 rings (SSSR count). The maximum absolute atomic E-state index is 12.4. The van der Waals surface area contributed by atoms with E-state index < -0.39 is 0 Å². The lowest BCUT2D eigenvalue weighted by atomic mass is 10.2. The van der Waals surface area contributed by atoms with E-state index >= 15 is 0 Å². The molecule has 0 fully saturated rings. The summed E-state index contributed by atoms with van der Waals surface area (Å²) in [5.41, 5.74) is 2.74. The number of rotatable bonds is 5. The molecule has 0 radical (unpaired) electrons. The van der Waals surface area contributed by atoms with E-state index in [9.17, 15) is 9.59 Å². The highest BCUT2D eigenvalue weighted by atomic mass is 32.1. The average molecular weight is 394 g/mol. The minimum absolute atomic E-state index is 0.126. The first kappa shape index (κ1) is 17.3. The monoisotopic (exact) mass is 394 g/mol. The second kappa shape index (κ2) is 7.65. The van der Waals surface area contributed by atoms with Gasteiger partial charge in [-0.15, -0.1) is 11.3 Å². The van der Waals surface area contributed by atoms with E-state index in [0.717, 1.165) is 10.9 Å². The average Bonchev–Trinajstić information content (AvgIpc) is 3.34. The molecule has 1 aromatic carbocycles. The van der Waals surface area contributed by atoms with Crippen molar-refractivity contribution in [2.45, 2.75) is 6.42 Å². The fourth-order valence-corrected chi connectivity index (χ4v) is 3.92. The second-order valence-corrected chi connectivity index (χ2v) is 7.35. The van der Waals surface area contributed by atoms with Crippen molar-refractivity contribution >= 4 is 56.2 Å². The lowest BCUT2D eigenvalue weighted by Crippen LogP contribution is -2.15. The number of hydrogen-bond acceptors (Lipinski definition) is 6. The molecule has 0 atom stereocenters. The number of amides is 2. The van der Waals surface area contributed by atoms with Gasteiger partial charge in [-0.25, -0.2) is 4.98 Å². The number of fused-ring (bicyclic) bond motifs is 1. The minimum Gasteiger partial charge on any atom is -0.325 e. The van der Waals surface area contributed by atoms with Gasteiger partial charge in [0.2, 0.25) is 5.91 Å². The number of carbonyl (C=O) groups is 2. The Bertz CT molecular complexity index is 1100. The van der Waals surface area contributed by atoms with Gasteiger partial charge >= 0.3 is 0 Å². The van der Waals surface area contributed by atoms with Crippen molar-refractivity contribution in [3.05, 3.63) is 70.0 Å². The number of nitrogens with one attached hydrogen (secondary N) is 2. The van der Waals surface area contributed by atoms with Crippen LogP contribution in [0.5, 0.6) is 0 Å². The first-order valence-corrected chi connectivity index (χ1v) is 9.93. The Morgan fingerprint density at radius 2 is 1.96 bits per heavy atom. The Kier molecular flexibility index (Phi) is 4.91. The van der Waals surface area contributed by atoms with E-state index in [-0.39, 0.29) is 18.2 Å². The Morgan fingerprint density at radius 1 is 1.04 bits per heavy atom. The van der Waals surface area contributed by atoms with Gasteiger partial charge in [-0.2, -0.15) is 11.3 Å². The van der Waals surface area contributed by atoms with Crippen molar-refractivity contribution < 1.29 is 9.59 Å². The van der Waals surface area contributed by atoms with Crippen molar-refractivity contribution in [1.29, 1.82) is 0 Å². The van der Waals surface area contributed by atoms with Gasteiger partial charge < -0.3 is 5.32 Å². The van der Waals surface area contributed by atoms with Crippen LogP contribution in [0.25, 0.3) is 10.9 Å². The summed E-state index contributed by atoms with van der Waals surface area (Å²) < 4.78 is 0. The lowest BCUT2D eigenvalue weighted by molar-refractivity contribution is -0.115. The fourth-order valence-electron chi connectivity index (χ4n) is 2.58. The van der Waals surface area contributed by atoms with Crippen molar-refractivity contribution in [3.63, 3.8) is 0 Å². The molecule has 4 aromatic rings. The Labute approximate surface area is 162 Å². The zero-order valence-electron chi connectivity index (χ0n) is 14.0. The van der Waals surface area contributed by atoms with E-state index in [1.54, 1.807) is 23.0 Å². The number of carbonyl (C=O) groups excluding carboxylic acids is 2. The molecular weight excluding hydrogens is 380 g/mol. The van der Waals surface area contributed by atoms with Crippen LogP contribution in [0, 0.1) is 0 Å². The summed E-state index contributed by atoms with van der Waals surface area (Å²) in [6, 6.07) is 11.1. The van der Waals surface area contributed by atoms with E-state index in [2.05, 4.69) is 20.6 Å². The van der Waals surface area contributed by atoms with Gasteiger partial charge in [-0.3, -0.25) is 19.9 Å². The quantitative estimate of drug-likeness (QED) is 0.532. The van der Waals surface area contributed by atoms with Gasteiger partial charge in [-0.05, 0) is 35.7 Å². The van der Waals surface area contributed by atoms with Crippen LogP contribution < -0.4 is 10.6 Å². The molecule has 0 aliphatic heterocycles. The normalized spacial score (nSPS) is 10.7. The highest BCUT2D eigenvalue weighted by molar-refractivity contribution is 7.14. The van der Waals surface area contributed by atoms with Crippen LogP contribution in [-0.4, -0.2) is 21.8 Å². The number of anilines is 2. The van der Waals surface area contributed by atoms with Gasteiger partial charge in [0.25, 0.3) is 5.91 Å². The van der Waals surface area contributed by atoms with Crippen molar-refractivity contribution in [1.82, 2.24) is 9.97 Å². The minimum atomic E-state index is -0.204. The molecule has 0 saturated carbocycles. The molecule has 6 nitrogen and oxygen atoms in total. The van der Waals surface area contributed by atoms with Gasteiger partial charge in [0.05, 0.1) is 28.9 Å². The van der Waals surface area contributed by atoms with Crippen molar-refractivity contribution in [3.8, 4) is 0 Å². The third-order valence-electron chi connectivity index (χ3n) is 3.82. The predicted octanol–water partition coefficient (Wildman–Crippen LogP) is 4.19. The first-order valence-electron chi connectivity index (χ1n) is 8.10. The molecule has 0 spiro atoms. The molecule has 0 saturated heterocycles. The van der Waals surface area contributed by atoms with E-state index in [1.807, 2.05) is 35.7 Å². The number of hydrogen-bond donors (Lipinski definition) is 2. The number of nitrogens with zero attached hydrogens (tertiary/aromatic N) is 2. The molecular formula is C19H14N4O2S2. The van der Waals surface area contributed by atoms with E-state index in [1.165, 1.54) is 22.7 Å². The van der Waals surface area contributed by atoms with Crippen molar-refractivity contribution in [2.24, 2.45) is 0 Å². The van der Waals surface area contributed by atoms with Gasteiger partial charge in [0, 0.05) is 22.3 Å². The SMILES string of the molecule is O=C(Cc1csc(NC(=O)c2ccsc2)n1)Nc1cccc2ncccc12.